The minimum absolute atomic E-state index is 0.636. The maximum Gasteiger partial charge on any atom is 0.151 e. The Labute approximate surface area is 93.7 Å². The molecule has 0 aromatic carbocycles. The molecule has 0 radical (unpaired) electrons. The van der Waals surface area contributed by atoms with Crippen LogP contribution in [0.3, 0.4) is 0 Å². The van der Waals surface area contributed by atoms with Crippen molar-refractivity contribution in [1.82, 2.24) is 25.4 Å². The van der Waals surface area contributed by atoms with Crippen molar-refractivity contribution >= 4 is 5.82 Å². The summed E-state index contributed by atoms with van der Waals surface area (Å²) >= 11 is 0. The first-order valence-electron chi connectivity index (χ1n) is 5.03. The fourth-order valence-corrected chi connectivity index (χ4v) is 1.33. The summed E-state index contributed by atoms with van der Waals surface area (Å²) in [6.07, 6.45) is 1.50. The number of aromatic amines is 1. The Bertz CT molecular complexity index is 464. The smallest absolute Gasteiger partial charge is 0.151 e. The van der Waals surface area contributed by atoms with E-state index in [0.29, 0.717) is 6.54 Å². The molecule has 0 amide bonds. The molecule has 2 rings (SSSR count). The zero-order chi connectivity index (χ0) is 11.5. The topological polar surface area (TPSA) is 70.6 Å². The van der Waals surface area contributed by atoms with E-state index < -0.39 is 0 Å². The zero-order valence-corrected chi connectivity index (χ0v) is 9.60. The minimum atomic E-state index is 0.636. The molecule has 16 heavy (non-hydrogen) atoms. The van der Waals surface area contributed by atoms with Gasteiger partial charge in [0.2, 0.25) is 0 Å². The highest BCUT2D eigenvalue weighted by Crippen LogP contribution is 2.13. The molecule has 0 fully saturated rings. The highest BCUT2D eigenvalue weighted by Gasteiger charge is 2.07. The molecule has 84 valence electrons. The molecule has 0 aliphatic heterocycles. The maximum atomic E-state index is 4.13. The lowest BCUT2D eigenvalue weighted by molar-refractivity contribution is 0.807. The number of nitrogens with zero attached hydrogens (tertiary/aromatic N) is 5. The van der Waals surface area contributed by atoms with E-state index in [0.717, 1.165) is 22.9 Å². The monoisotopic (exact) mass is 218 g/mol. The number of anilines is 1. The van der Waals surface area contributed by atoms with Crippen LogP contribution in [0.2, 0.25) is 0 Å². The van der Waals surface area contributed by atoms with Crippen molar-refractivity contribution in [2.75, 3.05) is 11.9 Å². The van der Waals surface area contributed by atoms with Gasteiger partial charge in [0.1, 0.15) is 12.2 Å². The molecule has 2 aromatic rings. The van der Waals surface area contributed by atoms with Crippen LogP contribution in [-0.4, -0.2) is 32.4 Å². The molecule has 2 aromatic heterocycles. The summed E-state index contributed by atoms with van der Waals surface area (Å²) in [5.41, 5.74) is 2.09. The van der Waals surface area contributed by atoms with E-state index in [1.807, 2.05) is 31.9 Å². The fraction of sp³-hybridized carbons (Fsp3) is 0.400. The van der Waals surface area contributed by atoms with Gasteiger partial charge in [-0.3, -0.25) is 5.10 Å². The summed E-state index contributed by atoms with van der Waals surface area (Å²) in [5, 5.41) is 14.8. The molecular formula is C10H14N6. The number of hydrogen-bond acceptors (Lipinski definition) is 5. The summed E-state index contributed by atoms with van der Waals surface area (Å²) in [6, 6.07) is 2.01. The largest absolute Gasteiger partial charge is 0.351 e. The lowest BCUT2D eigenvalue weighted by atomic mass is 10.2. The van der Waals surface area contributed by atoms with Gasteiger partial charge in [-0.15, -0.1) is 5.10 Å². The van der Waals surface area contributed by atoms with Gasteiger partial charge in [-0.2, -0.15) is 10.2 Å². The standard InChI is InChI=1S/C10H14N6/c1-7-4-10(15-13-8(7)2)16(3)5-9-11-6-12-14-9/h4,6H,5H2,1-3H3,(H,11,12,14). The second kappa shape index (κ2) is 4.26. The fourth-order valence-electron chi connectivity index (χ4n) is 1.33. The lowest BCUT2D eigenvalue weighted by Gasteiger charge is -2.16. The van der Waals surface area contributed by atoms with Gasteiger partial charge < -0.3 is 4.90 Å². The Morgan fingerprint density at radius 3 is 2.75 bits per heavy atom. The van der Waals surface area contributed by atoms with E-state index in [9.17, 15) is 0 Å². The average molecular weight is 218 g/mol. The van der Waals surface area contributed by atoms with Crippen molar-refractivity contribution in [2.45, 2.75) is 20.4 Å². The van der Waals surface area contributed by atoms with Crippen molar-refractivity contribution in [3.05, 3.63) is 29.5 Å². The van der Waals surface area contributed by atoms with Gasteiger partial charge in [0.15, 0.2) is 5.82 Å². The summed E-state index contributed by atoms with van der Waals surface area (Å²) in [7, 11) is 1.95. The van der Waals surface area contributed by atoms with E-state index in [2.05, 4.69) is 25.4 Å². The molecule has 0 bridgehead atoms. The van der Waals surface area contributed by atoms with Gasteiger partial charge in [-0.1, -0.05) is 0 Å². The van der Waals surface area contributed by atoms with E-state index in [-0.39, 0.29) is 0 Å². The number of hydrogen-bond donors (Lipinski definition) is 1. The predicted octanol–water partition coefficient (Wildman–Crippen LogP) is 0.848. The van der Waals surface area contributed by atoms with Crippen LogP contribution in [0, 0.1) is 13.8 Å². The normalized spacial score (nSPS) is 10.4. The van der Waals surface area contributed by atoms with Crippen LogP contribution >= 0.6 is 0 Å². The highest BCUT2D eigenvalue weighted by molar-refractivity contribution is 5.39. The number of aromatic nitrogens is 5. The number of nitrogens with one attached hydrogen (secondary N) is 1. The van der Waals surface area contributed by atoms with Crippen molar-refractivity contribution in [3.63, 3.8) is 0 Å². The average Bonchev–Trinajstić information content (AvgIpc) is 2.74. The van der Waals surface area contributed by atoms with Crippen LogP contribution in [0.5, 0.6) is 0 Å². The predicted molar refractivity (Wildman–Crippen MR) is 60.0 cm³/mol. The quantitative estimate of drug-likeness (QED) is 0.827. The van der Waals surface area contributed by atoms with Crippen molar-refractivity contribution in [2.24, 2.45) is 0 Å². The van der Waals surface area contributed by atoms with Crippen LogP contribution in [0.25, 0.3) is 0 Å². The van der Waals surface area contributed by atoms with E-state index in [4.69, 9.17) is 0 Å². The van der Waals surface area contributed by atoms with Crippen molar-refractivity contribution < 1.29 is 0 Å². The molecular weight excluding hydrogens is 204 g/mol. The van der Waals surface area contributed by atoms with E-state index in [1.54, 1.807) is 0 Å². The molecule has 1 N–H and O–H groups in total. The summed E-state index contributed by atoms with van der Waals surface area (Å²) < 4.78 is 0. The first-order valence-corrected chi connectivity index (χ1v) is 5.03. The second-order valence-electron chi connectivity index (χ2n) is 3.76. The summed E-state index contributed by atoms with van der Waals surface area (Å²) in [5.74, 6) is 1.64. The molecule has 0 spiro atoms. The first kappa shape index (κ1) is 10.5. The van der Waals surface area contributed by atoms with Gasteiger partial charge in [0, 0.05) is 7.05 Å². The number of aryl methyl sites for hydroxylation is 2. The Hall–Kier alpha value is -1.98. The Balaban J connectivity index is 2.14. The third kappa shape index (κ3) is 2.16. The highest BCUT2D eigenvalue weighted by atomic mass is 15.3. The van der Waals surface area contributed by atoms with Crippen LogP contribution in [0.1, 0.15) is 17.1 Å². The van der Waals surface area contributed by atoms with E-state index >= 15 is 0 Å². The van der Waals surface area contributed by atoms with Gasteiger partial charge in [-0.05, 0) is 25.5 Å². The third-order valence-electron chi connectivity index (χ3n) is 2.46. The van der Waals surface area contributed by atoms with Crippen LogP contribution in [-0.2, 0) is 6.54 Å². The van der Waals surface area contributed by atoms with Gasteiger partial charge in [0.05, 0.1) is 12.2 Å². The van der Waals surface area contributed by atoms with Crippen LogP contribution in [0.4, 0.5) is 5.82 Å². The Morgan fingerprint density at radius 1 is 1.31 bits per heavy atom. The minimum Gasteiger partial charge on any atom is -0.351 e. The third-order valence-corrected chi connectivity index (χ3v) is 2.46. The zero-order valence-electron chi connectivity index (χ0n) is 9.60. The molecule has 0 aliphatic rings. The number of rotatable bonds is 3. The van der Waals surface area contributed by atoms with Crippen molar-refractivity contribution in [1.29, 1.82) is 0 Å². The van der Waals surface area contributed by atoms with Crippen molar-refractivity contribution in [3.8, 4) is 0 Å². The second-order valence-corrected chi connectivity index (χ2v) is 3.76. The van der Waals surface area contributed by atoms with E-state index in [1.165, 1.54) is 6.33 Å². The molecule has 6 heteroatoms. The van der Waals surface area contributed by atoms with Crippen LogP contribution in [0.15, 0.2) is 12.4 Å². The molecule has 6 nitrogen and oxygen atoms in total. The Morgan fingerprint density at radius 2 is 2.12 bits per heavy atom. The number of H-pyrrole nitrogens is 1. The van der Waals surface area contributed by atoms with Gasteiger partial charge in [0.25, 0.3) is 0 Å². The molecule has 2 heterocycles. The first-order chi connectivity index (χ1) is 7.66. The molecule has 0 saturated carbocycles. The summed E-state index contributed by atoms with van der Waals surface area (Å²) in [4.78, 5) is 6.04. The van der Waals surface area contributed by atoms with Crippen LogP contribution < -0.4 is 4.90 Å². The molecule has 0 unspecified atom stereocenters. The molecule has 0 saturated heterocycles. The van der Waals surface area contributed by atoms with Gasteiger partial charge in [-0.25, -0.2) is 4.98 Å². The maximum absolute atomic E-state index is 4.13. The lowest BCUT2D eigenvalue weighted by Crippen LogP contribution is -2.19. The summed E-state index contributed by atoms with van der Waals surface area (Å²) in [6.45, 7) is 4.61. The molecule has 0 atom stereocenters. The molecule has 0 aliphatic carbocycles. The Kier molecular flexibility index (Phi) is 2.80. The SMILES string of the molecule is Cc1cc(N(C)Cc2ncn[nH]2)nnc1C. The van der Waals surface area contributed by atoms with Gasteiger partial charge >= 0.3 is 0 Å².